The summed E-state index contributed by atoms with van der Waals surface area (Å²) >= 11 is 1.35. The molecule has 0 unspecified atom stereocenters. The number of carbonyl (C=O) groups is 1. The van der Waals surface area contributed by atoms with Crippen molar-refractivity contribution in [1.82, 2.24) is 4.98 Å². The molecule has 0 aliphatic rings. The van der Waals surface area contributed by atoms with Crippen molar-refractivity contribution in [3.63, 3.8) is 0 Å². The Hall–Kier alpha value is -4.03. The minimum atomic E-state index is -0.367. The minimum absolute atomic E-state index is 0.174. The van der Waals surface area contributed by atoms with E-state index in [9.17, 15) is 9.59 Å². The van der Waals surface area contributed by atoms with Gasteiger partial charge in [0.15, 0.2) is 10.6 Å². The molecule has 0 saturated carbocycles. The number of aryl methyl sites for hydroxylation is 1. The van der Waals surface area contributed by atoms with Crippen LogP contribution in [0.1, 0.15) is 11.1 Å². The third-order valence-electron chi connectivity index (χ3n) is 5.15. The number of nitrogens with zero attached hydrogens (tertiary/aromatic N) is 1. The van der Waals surface area contributed by atoms with E-state index < -0.39 is 0 Å². The van der Waals surface area contributed by atoms with Gasteiger partial charge < -0.3 is 4.42 Å². The molecule has 0 bridgehead atoms. The quantitative estimate of drug-likeness (QED) is 0.348. The van der Waals surface area contributed by atoms with Gasteiger partial charge in [-0.25, -0.2) is 4.98 Å². The largest absolute Gasteiger partial charge is 0.463 e. The van der Waals surface area contributed by atoms with Gasteiger partial charge in [0, 0.05) is 17.0 Å². The van der Waals surface area contributed by atoms with Gasteiger partial charge in [0.05, 0.1) is 16.6 Å². The van der Waals surface area contributed by atoms with Crippen molar-refractivity contribution in [2.45, 2.75) is 6.92 Å². The highest BCUT2D eigenvalue weighted by molar-refractivity contribution is 7.14. The van der Waals surface area contributed by atoms with Crippen LogP contribution in [0.5, 0.6) is 0 Å². The van der Waals surface area contributed by atoms with Crippen LogP contribution in [0.15, 0.2) is 87.6 Å². The minimum Gasteiger partial charge on any atom is -0.463 e. The zero-order chi connectivity index (χ0) is 22.1. The number of amides is 1. The zero-order valence-electron chi connectivity index (χ0n) is 17.2. The van der Waals surface area contributed by atoms with Gasteiger partial charge in [0.25, 0.3) is 0 Å². The van der Waals surface area contributed by atoms with Crippen LogP contribution in [-0.2, 0) is 4.79 Å². The van der Waals surface area contributed by atoms with E-state index in [1.165, 1.54) is 35.1 Å². The lowest BCUT2D eigenvalue weighted by atomic mass is 10.1. The average molecular weight is 439 g/mol. The van der Waals surface area contributed by atoms with Crippen molar-refractivity contribution in [3.8, 4) is 11.3 Å². The fourth-order valence-electron chi connectivity index (χ4n) is 3.50. The third-order valence-corrected chi connectivity index (χ3v) is 5.91. The fourth-order valence-corrected chi connectivity index (χ4v) is 4.22. The van der Waals surface area contributed by atoms with E-state index >= 15 is 0 Å². The number of carbonyl (C=O) groups excluding carboxylic acids is 1. The summed E-state index contributed by atoms with van der Waals surface area (Å²) in [5, 5.41) is 7.94. The maximum Gasteiger partial charge on any atom is 0.250 e. The Morgan fingerprint density at radius 2 is 1.91 bits per heavy atom. The summed E-state index contributed by atoms with van der Waals surface area (Å²) in [6.07, 6.45) is 4.14. The molecule has 2 heterocycles. The van der Waals surface area contributed by atoms with Crippen molar-refractivity contribution in [3.05, 3.63) is 99.7 Å². The number of hydrogen-bond donors (Lipinski definition) is 1. The highest BCUT2D eigenvalue weighted by atomic mass is 32.1. The Labute approximate surface area is 187 Å². The molecule has 6 heteroatoms. The van der Waals surface area contributed by atoms with Gasteiger partial charge in [-0.05, 0) is 42.0 Å². The molecule has 0 aliphatic carbocycles. The first-order valence-corrected chi connectivity index (χ1v) is 10.9. The van der Waals surface area contributed by atoms with E-state index in [0.29, 0.717) is 21.7 Å². The van der Waals surface area contributed by atoms with Crippen molar-refractivity contribution in [2.24, 2.45) is 0 Å². The van der Waals surface area contributed by atoms with Gasteiger partial charge in [-0.15, -0.1) is 11.3 Å². The molecule has 1 N–H and O–H groups in total. The van der Waals surface area contributed by atoms with Gasteiger partial charge in [0.1, 0.15) is 11.8 Å². The Kier molecular flexibility index (Phi) is 5.13. The van der Waals surface area contributed by atoms with Crippen LogP contribution in [0.25, 0.3) is 39.1 Å². The van der Waals surface area contributed by atoms with Crippen LogP contribution in [0.4, 0.5) is 5.13 Å². The highest BCUT2D eigenvalue weighted by Crippen LogP contribution is 2.27. The lowest BCUT2D eigenvalue weighted by molar-refractivity contribution is -0.111. The maximum atomic E-state index is 12.7. The van der Waals surface area contributed by atoms with Crippen molar-refractivity contribution < 1.29 is 9.21 Å². The first-order valence-electron chi connectivity index (χ1n) is 10.0. The Bertz CT molecular complexity index is 1560. The predicted octanol–water partition coefficient (Wildman–Crippen LogP) is 6.03. The zero-order valence-corrected chi connectivity index (χ0v) is 18.0. The van der Waals surface area contributed by atoms with Gasteiger partial charge in [-0.3, -0.25) is 14.9 Å². The monoisotopic (exact) mass is 438 g/mol. The van der Waals surface area contributed by atoms with Crippen LogP contribution in [0.2, 0.25) is 0 Å². The molecule has 0 radical (unpaired) electrons. The molecule has 5 aromatic rings. The van der Waals surface area contributed by atoms with E-state index in [1.54, 1.807) is 12.1 Å². The SMILES string of the molecule is Cc1ccc2occ(/C=C/C(=O)Nc3nc(-c4ccc5ccccc5c4)cs3)c(=O)c2c1. The lowest BCUT2D eigenvalue weighted by Crippen LogP contribution is -2.09. The summed E-state index contributed by atoms with van der Waals surface area (Å²) < 4.78 is 5.52. The molecular weight excluding hydrogens is 420 g/mol. The molecule has 0 fully saturated rings. The third kappa shape index (κ3) is 3.96. The molecule has 5 nitrogen and oxygen atoms in total. The standard InChI is InChI=1S/C26H18N2O3S/c1-16-6-10-23-21(12-16)25(30)20(14-31-23)9-11-24(29)28-26-27-22(15-32-26)19-8-7-17-4-2-3-5-18(17)13-19/h2-15H,1H3,(H,27,28,29)/b11-9+. The molecule has 2 aromatic heterocycles. The van der Waals surface area contributed by atoms with Gasteiger partial charge in [-0.2, -0.15) is 0 Å². The molecular formula is C26H18N2O3S. The molecule has 32 heavy (non-hydrogen) atoms. The number of fused-ring (bicyclic) bond motifs is 2. The second-order valence-corrected chi connectivity index (χ2v) is 8.30. The number of aromatic nitrogens is 1. The summed E-state index contributed by atoms with van der Waals surface area (Å²) in [7, 11) is 0. The summed E-state index contributed by atoms with van der Waals surface area (Å²) in [6.45, 7) is 1.91. The maximum absolute atomic E-state index is 12.7. The van der Waals surface area contributed by atoms with Crippen molar-refractivity contribution in [2.75, 3.05) is 5.32 Å². The molecule has 0 aliphatic heterocycles. The van der Waals surface area contributed by atoms with E-state index in [-0.39, 0.29) is 11.3 Å². The number of rotatable bonds is 4. The molecule has 0 atom stereocenters. The van der Waals surface area contributed by atoms with Crippen molar-refractivity contribution >= 4 is 50.2 Å². The molecule has 3 aromatic carbocycles. The molecule has 0 saturated heterocycles. The number of nitrogens with one attached hydrogen (secondary N) is 1. The second-order valence-electron chi connectivity index (χ2n) is 7.44. The van der Waals surface area contributed by atoms with E-state index in [4.69, 9.17) is 4.42 Å². The Balaban J connectivity index is 1.33. The van der Waals surface area contributed by atoms with Crippen LogP contribution >= 0.6 is 11.3 Å². The summed E-state index contributed by atoms with van der Waals surface area (Å²) in [5.41, 5.74) is 3.41. The van der Waals surface area contributed by atoms with Crippen LogP contribution in [-0.4, -0.2) is 10.9 Å². The second kappa shape index (κ2) is 8.24. The summed E-state index contributed by atoms with van der Waals surface area (Å²) in [6, 6.07) is 19.7. The first kappa shape index (κ1) is 19.9. The highest BCUT2D eigenvalue weighted by Gasteiger charge is 2.09. The fraction of sp³-hybridized carbons (Fsp3) is 0.0385. The predicted molar refractivity (Wildman–Crippen MR) is 130 cm³/mol. The van der Waals surface area contributed by atoms with E-state index in [1.807, 2.05) is 36.6 Å². The summed E-state index contributed by atoms with van der Waals surface area (Å²) in [4.78, 5) is 29.5. The van der Waals surface area contributed by atoms with Gasteiger partial charge >= 0.3 is 0 Å². The molecule has 156 valence electrons. The van der Waals surface area contributed by atoms with E-state index in [0.717, 1.165) is 22.2 Å². The van der Waals surface area contributed by atoms with Crippen LogP contribution < -0.4 is 10.7 Å². The van der Waals surface area contributed by atoms with E-state index in [2.05, 4.69) is 34.6 Å². The van der Waals surface area contributed by atoms with Crippen molar-refractivity contribution in [1.29, 1.82) is 0 Å². The first-order chi connectivity index (χ1) is 15.6. The molecule has 5 rings (SSSR count). The number of benzene rings is 3. The lowest BCUT2D eigenvalue weighted by Gasteiger charge is -2.01. The average Bonchev–Trinajstić information content (AvgIpc) is 3.27. The van der Waals surface area contributed by atoms with Crippen LogP contribution in [0, 0.1) is 6.92 Å². The number of anilines is 1. The topological polar surface area (TPSA) is 72.2 Å². The number of thiazole rings is 1. The van der Waals surface area contributed by atoms with Gasteiger partial charge in [0.2, 0.25) is 5.91 Å². The normalized spacial score (nSPS) is 11.4. The Morgan fingerprint density at radius 1 is 1.06 bits per heavy atom. The van der Waals surface area contributed by atoms with Crippen LogP contribution in [0.3, 0.4) is 0 Å². The van der Waals surface area contributed by atoms with Gasteiger partial charge in [-0.1, -0.05) is 48.0 Å². The summed E-state index contributed by atoms with van der Waals surface area (Å²) in [5.74, 6) is -0.367. The number of hydrogen-bond acceptors (Lipinski definition) is 5. The smallest absolute Gasteiger partial charge is 0.250 e. The Morgan fingerprint density at radius 3 is 2.78 bits per heavy atom. The molecule has 0 spiro atoms. The molecule has 1 amide bonds.